The Hall–Kier alpha value is -7.04. The molecule has 3 aliphatic heterocycles. The standard InChI is InChI=1S/C63H59N3O/c1-36(2)46-31-51(39(7)8)61-54(32-46)62-65(55-27-26-45(30-41(55)10)58-48(37(3)4)18-14-19-49(58)38(5)6)56-21-15-20-50-52-33-47(42-16-12-11-13-17-42)34-53-57-35-44(43-24-22-40(9)23-25-43)28-29-64(57)63(67-61,59(52)53)66(62)60(50)56/h11-39H,1-10H3/q+2/i37D. The molecule has 0 aliphatic carbocycles. The molecule has 4 nitrogen and oxygen atoms in total. The first-order chi connectivity index (χ1) is 32.6. The lowest BCUT2D eigenvalue weighted by Crippen LogP contribution is -2.78. The number of ether oxygens (including phenoxy) is 1. The summed E-state index contributed by atoms with van der Waals surface area (Å²) in [6.45, 7) is 22.1. The van der Waals surface area contributed by atoms with Crippen molar-refractivity contribution in [3.05, 3.63) is 191 Å². The molecule has 1 spiro atoms. The van der Waals surface area contributed by atoms with Crippen LogP contribution in [0, 0.1) is 13.8 Å². The highest BCUT2D eigenvalue weighted by Gasteiger charge is 2.69. The second-order valence-corrected chi connectivity index (χ2v) is 20.4. The van der Waals surface area contributed by atoms with E-state index in [4.69, 9.17) is 4.74 Å². The monoisotopic (exact) mass is 874 g/mol. The fourth-order valence-corrected chi connectivity index (χ4v) is 11.6. The molecule has 3 aliphatic rings. The highest BCUT2D eigenvalue weighted by Crippen LogP contribution is 2.56. The van der Waals surface area contributed by atoms with Crippen molar-refractivity contribution in [2.75, 3.05) is 0 Å². The summed E-state index contributed by atoms with van der Waals surface area (Å²) in [5.74, 6) is 1.01. The van der Waals surface area contributed by atoms with E-state index < -0.39 is 11.7 Å². The number of fused-ring (bicyclic) bond motifs is 5. The summed E-state index contributed by atoms with van der Waals surface area (Å²) in [6, 6.07) is 54.4. The van der Waals surface area contributed by atoms with Crippen molar-refractivity contribution in [1.82, 2.24) is 4.57 Å². The van der Waals surface area contributed by atoms with Crippen molar-refractivity contribution in [3.63, 3.8) is 0 Å². The number of hydrogen-bond acceptors (Lipinski definition) is 1. The summed E-state index contributed by atoms with van der Waals surface area (Å²) in [7, 11) is 0. The number of hydrogen-bond donors (Lipinski definition) is 0. The molecule has 0 saturated carbocycles. The van der Waals surface area contributed by atoms with Crippen molar-refractivity contribution < 1.29 is 15.2 Å². The van der Waals surface area contributed by atoms with E-state index in [0.29, 0.717) is 11.8 Å². The molecule has 0 N–H and O–H groups in total. The highest BCUT2D eigenvalue weighted by molar-refractivity contribution is 5.99. The number of rotatable bonds is 8. The van der Waals surface area contributed by atoms with E-state index in [0.717, 1.165) is 56.2 Å². The minimum Gasteiger partial charge on any atom is -0.392 e. The number of pyridine rings is 1. The maximum absolute atomic E-state index is 9.27. The van der Waals surface area contributed by atoms with Gasteiger partial charge in [-0.15, -0.1) is 9.13 Å². The molecule has 0 amide bonds. The fraction of sp³-hybridized carbons (Fsp3) is 0.238. The van der Waals surface area contributed by atoms with Crippen LogP contribution in [0.1, 0.15) is 119 Å². The second-order valence-electron chi connectivity index (χ2n) is 20.4. The van der Waals surface area contributed by atoms with Gasteiger partial charge in [-0.05, 0) is 141 Å². The second kappa shape index (κ2) is 15.0. The van der Waals surface area contributed by atoms with Gasteiger partial charge in [0.25, 0.3) is 0 Å². The van der Waals surface area contributed by atoms with Crippen LogP contribution in [0.2, 0.25) is 0 Å². The number of para-hydroxylation sites is 1. The first-order valence-electron chi connectivity index (χ1n) is 24.8. The van der Waals surface area contributed by atoms with Crippen LogP contribution in [0.4, 0.5) is 0 Å². The van der Waals surface area contributed by atoms with Crippen LogP contribution >= 0.6 is 0 Å². The van der Waals surface area contributed by atoms with Gasteiger partial charge in [0.2, 0.25) is 5.69 Å². The smallest absolute Gasteiger partial charge is 0.392 e. The number of aryl methyl sites for hydroxylation is 2. The van der Waals surface area contributed by atoms with Gasteiger partial charge >= 0.3 is 11.7 Å². The predicted octanol–water partition coefficient (Wildman–Crippen LogP) is 15.5. The Morgan fingerprint density at radius 1 is 0.552 bits per heavy atom. The molecule has 67 heavy (non-hydrogen) atoms. The Balaban J connectivity index is 1.22. The summed E-state index contributed by atoms with van der Waals surface area (Å²) < 4.78 is 24.9. The van der Waals surface area contributed by atoms with Crippen LogP contribution in [0.5, 0.6) is 5.75 Å². The van der Waals surface area contributed by atoms with E-state index in [2.05, 4.69) is 221 Å². The van der Waals surface area contributed by atoms with Crippen LogP contribution in [0.3, 0.4) is 0 Å². The molecular formula is C63H59N3O+2. The summed E-state index contributed by atoms with van der Waals surface area (Å²) in [5, 5.41) is 0. The van der Waals surface area contributed by atoms with E-state index >= 15 is 0 Å². The van der Waals surface area contributed by atoms with E-state index in [1.54, 1.807) is 0 Å². The Bertz CT molecular complexity index is 3570. The largest absolute Gasteiger partial charge is 0.499 e. The summed E-state index contributed by atoms with van der Waals surface area (Å²) in [6.07, 6.45) is 2.28. The van der Waals surface area contributed by atoms with Gasteiger partial charge < -0.3 is 4.74 Å². The Kier molecular flexibility index (Phi) is 9.00. The van der Waals surface area contributed by atoms with E-state index in [-0.39, 0.29) is 5.92 Å². The van der Waals surface area contributed by atoms with Gasteiger partial charge in [-0.1, -0.05) is 152 Å². The molecule has 7 aromatic carbocycles. The first kappa shape index (κ1) is 40.3. The number of nitrogens with zero attached hydrogens (tertiary/aromatic N) is 3. The summed E-state index contributed by atoms with van der Waals surface area (Å²) >= 11 is 0. The zero-order chi connectivity index (χ0) is 47.1. The van der Waals surface area contributed by atoms with Gasteiger partial charge in [0.05, 0.1) is 5.56 Å². The molecule has 4 heteroatoms. The van der Waals surface area contributed by atoms with Gasteiger partial charge in [0.1, 0.15) is 16.8 Å². The SMILES string of the molecule is [2H]C(C)(C)c1cccc(C(C)C)c1-c1ccc(-n2c3[n+]4c5c(cccc52)-c2cc(-c5ccccc5)cc5c2C4(Oc2c-3cc(C(C)C)cc2C(C)C)[n+]2ccc(-c3ccc(C)cc3)cc2-5)c(C)c1. The lowest BCUT2D eigenvalue weighted by Gasteiger charge is -2.34. The molecule has 0 bridgehead atoms. The Morgan fingerprint density at radius 3 is 1.97 bits per heavy atom. The molecule has 2 aromatic heterocycles. The fourth-order valence-electron chi connectivity index (χ4n) is 11.6. The topological polar surface area (TPSA) is 21.9 Å². The highest BCUT2D eigenvalue weighted by atomic mass is 16.5. The maximum atomic E-state index is 9.27. The van der Waals surface area contributed by atoms with Crippen molar-refractivity contribution in [2.24, 2.45) is 0 Å². The van der Waals surface area contributed by atoms with Gasteiger partial charge in [0, 0.05) is 24.6 Å². The third-order valence-corrected chi connectivity index (χ3v) is 14.9. The van der Waals surface area contributed by atoms with Crippen molar-refractivity contribution in [2.45, 2.75) is 98.7 Å². The van der Waals surface area contributed by atoms with Crippen LogP contribution in [0.25, 0.3) is 83.9 Å². The van der Waals surface area contributed by atoms with Gasteiger partial charge in [0.15, 0.2) is 23.0 Å². The normalized spacial score (nSPS) is 15.5. The van der Waals surface area contributed by atoms with Gasteiger partial charge in [-0.2, -0.15) is 4.57 Å². The van der Waals surface area contributed by atoms with Gasteiger partial charge in [-0.25, -0.2) is 0 Å². The number of aromatic nitrogens is 3. The molecule has 0 fully saturated rings. The Labute approximate surface area is 397 Å². The third kappa shape index (κ3) is 5.91. The molecule has 0 saturated heterocycles. The molecule has 1 unspecified atom stereocenters. The molecule has 330 valence electrons. The lowest BCUT2D eigenvalue weighted by atomic mass is 9.84. The van der Waals surface area contributed by atoms with E-state index in [1.165, 1.54) is 72.3 Å². The van der Waals surface area contributed by atoms with E-state index in [1.807, 2.05) is 13.8 Å². The molecular weight excluding hydrogens is 815 g/mol. The first-order valence-corrected chi connectivity index (χ1v) is 24.3. The minimum atomic E-state index is -1.08. The number of benzene rings is 7. The minimum absolute atomic E-state index is 0.203. The van der Waals surface area contributed by atoms with Crippen molar-refractivity contribution >= 4 is 11.0 Å². The average Bonchev–Trinajstić information content (AvgIpc) is 3.82. The van der Waals surface area contributed by atoms with Gasteiger partial charge in [-0.3, -0.25) is 0 Å². The zero-order valence-corrected chi connectivity index (χ0v) is 40.4. The van der Waals surface area contributed by atoms with Crippen LogP contribution in [-0.2, 0) is 5.85 Å². The van der Waals surface area contributed by atoms with Crippen molar-refractivity contribution in [1.29, 1.82) is 0 Å². The quantitative estimate of drug-likeness (QED) is 0.139. The zero-order valence-electron chi connectivity index (χ0n) is 41.4. The van der Waals surface area contributed by atoms with Crippen LogP contribution in [-0.4, -0.2) is 4.57 Å². The Morgan fingerprint density at radius 2 is 1.25 bits per heavy atom. The third-order valence-electron chi connectivity index (χ3n) is 14.9. The molecule has 9 aromatic rings. The number of imidazole rings is 1. The van der Waals surface area contributed by atoms with E-state index in [9.17, 15) is 1.37 Å². The molecule has 0 radical (unpaired) electrons. The lowest BCUT2D eigenvalue weighted by molar-refractivity contribution is -0.997. The summed E-state index contributed by atoms with van der Waals surface area (Å²) in [5.41, 5.74) is 24.6. The predicted molar refractivity (Wildman–Crippen MR) is 275 cm³/mol. The maximum Gasteiger partial charge on any atom is 0.499 e. The molecule has 1 atom stereocenters. The average molecular weight is 875 g/mol. The van der Waals surface area contributed by atoms with Crippen LogP contribution in [0.15, 0.2) is 152 Å². The van der Waals surface area contributed by atoms with Crippen LogP contribution < -0.4 is 13.9 Å². The van der Waals surface area contributed by atoms with Crippen molar-refractivity contribution in [3.8, 4) is 78.6 Å². The summed E-state index contributed by atoms with van der Waals surface area (Å²) in [4.78, 5) is 0. The molecule has 5 heterocycles. The molecule has 12 rings (SSSR count).